The number of nitrogens with zero attached hydrogens (tertiary/aromatic N) is 4. The first-order valence-corrected chi connectivity index (χ1v) is 7.44. The van der Waals surface area contributed by atoms with Crippen molar-refractivity contribution in [1.29, 1.82) is 0 Å². The normalized spacial score (nSPS) is 11.6. The summed E-state index contributed by atoms with van der Waals surface area (Å²) < 4.78 is 42.5. The number of hydrogen-bond acceptors (Lipinski definition) is 6. The van der Waals surface area contributed by atoms with Gasteiger partial charge in [-0.15, -0.1) is 0 Å². The number of nitro groups is 1. The van der Waals surface area contributed by atoms with Crippen molar-refractivity contribution in [2.75, 3.05) is 6.61 Å². The summed E-state index contributed by atoms with van der Waals surface area (Å²) in [6, 6.07) is 5.56. The molecule has 1 aromatic carbocycles. The largest absolute Gasteiger partial charge is 0.477 e. The molecule has 0 saturated carbocycles. The quantitative estimate of drug-likeness (QED) is 0.446. The van der Waals surface area contributed by atoms with Crippen molar-refractivity contribution in [2.24, 2.45) is 5.10 Å². The van der Waals surface area contributed by atoms with Crippen LogP contribution in [-0.2, 0) is 11.3 Å². The van der Waals surface area contributed by atoms with E-state index in [2.05, 4.69) is 15.6 Å². The SMILES string of the molecule is Cc1ccc(OCC(=O)N/N=C/c2ccn(CC(F)(F)F)n2)c([N+](=O)[O-])c1. The van der Waals surface area contributed by atoms with E-state index in [0.717, 1.165) is 12.4 Å². The highest BCUT2D eigenvalue weighted by Crippen LogP contribution is 2.27. The van der Waals surface area contributed by atoms with Gasteiger partial charge >= 0.3 is 11.9 Å². The number of carbonyl (C=O) groups excluding carboxylic acids is 1. The fourth-order valence-electron chi connectivity index (χ4n) is 1.96. The summed E-state index contributed by atoms with van der Waals surface area (Å²) >= 11 is 0. The summed E-state index contributed by atoms with van der Waals surface area (Å²) in [5.41, 5.74) is 2.57. The Hall–Kier alpha value is -3.44. The lowest BCUT2D eigenvalue weighted by atomic mass is 10.2. The van der Waals surface area contributed by atoms with Crippen molar-refractivity contribution in [3.63, 3.8) is 0 Å². The Morgan fingerprint density at radius 3 is 2.85 bits per heavy atom. The number of amides is 1. The van der Waals surface area contributed by atoms with Crippen LogP contribution in [0.25, 0.3) is 0 Å². The molecule has 0 fully saturated rings. The molecule has 0 atom stereocenters. The predicted molar refractivity (Wildman–Crippen MR) is 87.3 cm³/mol. The van der Waals surface area contributed by atoms with E-state index in [1.807, 2.05) is 0 Å². The molecule has 0 aliphatic rings. The van der Waals surface area contributed by atoms with Crippen LogP contribution < -0.4 is 10.2 Å². The van der Waals surface area contributed by atoms with Gasteiger partial charge in [-0.3, -0.25) is 19.6 Å². The Kier molecular flexibility index (Phi) is 6.11. The number of halogens is 3. The molecule has 1 amide bonds. The number of hydrogen-bond donors (Lipinski definition) is 1. The number of rotatable bonds is 7. The number of nitrogens with one attached hydrogen (secondary N) is 1. The van der Waals surface area contributed by atoms with Crippen LogP contribution in [0.1, 0.15) is 11.3 Å². The number of alkyl halides is 3. The van der Waals surface area contributed by atoms with Gasteiger partial charge in [-0.05, 0) is 24.6 Å². The van der Waals surface area contributed by atoms with Crippen molar-refractivity contribution < 1.29 is 27.6 Å². The number of aromatic nitrogens is 2. The zero-order valence-electron chi connectivity index (χ0n) is 13.9. The zero-order valence-corrected chi connectivity index (χ0v) is 13.9. The topological polar surface area (TPSA) is 112 Å². The molecule has 0 aliphatic heterocycles. The minimum atomic E-state index is -4.40. The maximum atomic E-state index is 12.2. The zero-order chi connectivity index (χ0) is 20.0. The van der Waals surface area contributed by atoms with Crippen LogP contribution in [-0.4, -0.2) is 39.6 Å². The van der Waals surface area contributed by atoms with Crippen LogP contribution >= 0.6 is 0 Å². The molecule has 1 heterocycles. The Morgan fingerprint density at radius 1 is 1.44 bits per heavy atom. The highest BCUT2D eigenvalue weighted by Gasteiger charge is 2.28. The van der Waals surface area contributed by atoms with E-state index < -0.39 is 30.2 Å². The van der Waals surface area contributed by atoms with Gasteiger partial charge in [-0.2, -0.15) is 23.4 Å². The Labute approximate surface area is 150 Å². The third-order valence-electron chi connectivity index (χ3n) is 3.06. The summed E-state index contributed by atoms with van der Waals surface area (Å²) in [5, 5.41) is 18.1. The first-order valence-electron chi connectivity index (χ1n) is 7.44. The van der Waals surface area contributed by atoms with E-state index >= 15 is 0 Å². The molecule has 0 radical (unpaired) electrons. The molecule has 2 rings (SSSR count). The average molecular weight is 385 g/mol. The Bertz CT molecular complexity index is 863. The van der Waals surface area contributed by atoms with E-state index in [0.29, 0.717) is 10.2 Å². The van der Waals surface area contributed by atoms with Crippen LogP contribution in [0.3, 0.4) is 0 Å². The van der Waals surface area contributed by atoms with E-state index in [4.69, 9.17) is 4.74 Å². The second-order valence-electron chi connectivity index (χ2n) is 5.36. The van der Waals surface area contributed by atoms with Gasteiger partial charge in [0, 0.05) is 12.3 Å². The molecule has 0 unspecified atom stereocenters. The van der Waals surface area contributed by atoms with Crippen molar-refractivity contribution >= 4 is 17.8 Å². The monoisotopic (exact) mass is 385 g/mol. The smallest absolute Gasteiger partial charge is 0.408 e. The number of benzene rings is 1. The summed E-state index contributed by atoms with van der Waals surface area (Å²) in [6.45, 7) is -0.103. The standard InChI is InChI=1S/C15H14F3N5O4/c1-10-2-3-13(12(6-10)23(25)26)27-8-14(24)20-19-7-11-4-5-22(21-11)9-15(16,17)18/h2-7H,8-9H2,1H3,(H,20,24)/b19-7+. The molecular weight excluding hydrogens is 371 g/mol. The van der Waals surface area contributed by atoms with Gasteiger partial charge in [-0.25, -0.2) is 5.43 Å². The molecule has 0 spiro atoms. The molecule has 12 heteroatoms. The van der Waals surface area contributed by atoms with E-state index in [1.54, 1.807) is 13.0 Å². The highest BCUT2D eigenvalue weighted by atomic mass is 19.4. The Morgan fingerprint density at radius 2 is 2.19 bits per heavy atom. The lowest BCUT2D eigenvalue weighted by molar-refractivity contribution is -0.385. The van der Waals surface area contributed by atoms with Gasteiger partial charge in [-0.1, -0.05) is 6.07 Å². The Balaban J connectivity index is 1.86. The number of ether oxygens (including phenoxy) is 1. The van der Waals surface area contributed by atoms with E-state index in [-0.39, 0.29) is 17.1 Å². The molecule has 0 bridgehead atoms. The fraction of sp³-hybridized carbons (Fsp3) is 0.267. The molecule has 1 aromatic heterocycles. The summed E-state index contributed by atoms with van der Waals surface area (Å²) in [4.78, 5) is 22.0. The minimum absolute atomic E-state index is 0.0735. The van der Waals surface area contributed by atoms with Crippen molar-refractivity contribution in [1.82, 2.24) is 15.2 Å². The lowest BCUT2D eigenvalue weighted by Crippen LogP contribution is -2.24. The number of carbonyl (C=O) groups is 1. The first-order chi connectivity index (χ1) is 12.6. The summed E-state index contributed by atoms with van der Waals surface area (Å²) in [7, 11) is 0. The number of hydrazone groups is 1. The molecular formula is C15H14F3N5O4. The third kappa shape index (κ3) is 6.41. The van der Waals surface area contributed by atoms with Crippen LogP contribution in [0.15, 0.2) is 35.6 Å². The van der Waals surface area contributed by atoms with Gasteiger partial charge < -0.3 is 4.74 Å². The van der Waals surface area contributed by atoms with Gasteiger partial charge in [0.2, 0.25) is 0 Å². The van der Waals surface area contributed by atoms with Gasteiger partial charge in [0.05, 0.1) is 11.1 Å². The molecule has 0 aliphatic carbocycles. The van der Waals surface area contributed by atoms with Crippen LogP contribution in [0.2, 0.25) is 0 Å². The molecule has 1 N–H and O–H groups in total. The second kappa shape index (κ2) is 8.29. The number of nitro benzene ring substituents is 1. The molecule has 144 valence electrons. The van der Waals surface area contributed by atoms with Crippen LogP contribution in [0.5, 0.6) is 5.75 Å². The van der Waals surface area contributed by atoms with Gasteiger partial charge in [0.25, 0.3) is 5.91 Å². The first kappa shape index (κ1) is 19.9. The highest BCUT2D eigenvalue weighted by molar-refractivity contribution is 5.81. The maximum absolute atomic E-state index is 12.2. The molecule has 0 saturated heterocycles. The van der Waals surface area contributed by atoms with Crippen LogP contribution in [0, 0.1) is 17.0 Å². The van der Waals surface area contributed by atoms with Crippen molar-refractivity contribution in [3.05, 3.63) is 51.8 Å². The van der Waals surface area contributed by atoms with Crippen molar-refractivity contribution in [3.8, 4) is 5.75 Å². The molecule has 2 aromatic rings. The lowest BCUT2D eigenvalue weighted by Gasteiger charge is -2.06. The average Bonchev–Trinajstić information content (AvgIpc) is 2.98. The fourth-order valence-corrected chi connectivity index (χ4v) is 1.96. The van der Waals surface area contributed by atoms with E-state index in [1.165, 1.54) is 18.2 Å². The van der Waals surface area contributed by atoms with Crippen molar-refractivity contribution in [2.45, 2.75) is 19.6 Å². The molecule has 9 nitrogen and oxygen atoms in total. The third-order valence-corrected chi connectivity index (χ3v) is 3.06. The summed E-state index contributed by atoms with van der Waals surface area (Å²) in [6.07, 6.45) is -2.22. The second-order valence-corrected chi connectivity index (χ2v) is 5.36. The minimum Gasteiger partial charge on any atom is -0.477 e. The van der Waals surface area contributed by atoms with Gasteiger partial charge in [0.15, 0.2) is 12.4 Å². The maximum Gasteiger partial charge on any atom is 0.408 e. The number of aryl methyl sites for hydroxylation is 1. The van der Waals surface area contributed by atoms with E-state index in [9.17, 15) is 28.1 Å². The molecule has 27 heavy (non-hydrogen) atoms. The summed E-state index contributed by atoms with van der Waals surface area (Å²) in [5.74, 6) is -0.786. The van der Waals surface area contributed by atoms with Gasteiger partial charge in [0.1, 0.15) is 12.2 Å². The van der Waals surface area contributed by atoms with Crippen LogP contribution in [0.4, 0.5) is 18.9 Å². The predicted octanol–water partition coefficient (Wildman–Crippen LogP) is 2.19.